The van der Waals surface area contributed by atoms with Crippen molar-refractivity contribution in [3.05, 3.63) is 24.0 Å². The first-order chi connectivity index (χ1) is 10.1. The van der Waals surface area contributed by atoms with Crippen LogP contribution >= 0.6 is 11.8 Å². The zero-order chi connectivity index (χ0) is 15.2. The Hall–Kier alpha value is -2.22. The number of thioether (sulfide) groups is 1. The number of methoxy groups -OCH3 is 1. The molecule has 0 unspecified atom stereocenters. The zero-order valence-electron chi connectivity index (χ0n) is 11.8. The number of carbonyl (C=O) groups excluding carboxylic acids is 1. The molecule has 21 heavy (non-hydrogen) atoms. The fourth-order valence-corrected chi connectivity index (χ4v) is 2.40. The summed E-state index contributed by atoms with van der Waals surface area (Å²) >= 11 is 1.42. The average molecular weight is 307 g/mol. The van der Waals surface area contributed by atoms with E-state index in [9.17, 15) is 4.79 Å². The number of amides is 1. The highest BCUT2D eigenvalue weighted by Crippen LogP contribution is 2.24. The standard InChI is InChI=1S/C13H17N5O2S/c1-8-15-13(18-17-8)21-6-5-12(19)16-11-4-3-9(20-2)7-10(11)14/h3-4,7H,5-6,14H2,1-2H3,(H,16,19)(H,15,17,18). The number of nitrogen functional groups attached to an aromatic ring is 1. The Labute approximate surface area is 126 Å². The van der Waals surface area contributed by atoms with Crippen molar-refractivity contribution in [2.24, 2.45) is 0 Å². The lowest BCUT2D eigenvalue weighted by molar-refractivity contribution is -0.115. The van der Waals surface area contributed by atoms with E-state index in [1.54, 1.807) is 25.3 Å². The number of anilines is 2. The van der Waals surface area contributed by atoms with Crippen molar-refractivity contribution in [2.75, 3.05) is 23.9 Å². The molecule has 2 aromatic rings. The van der Waals surface area contributed by atoms with Crippen LogP contribution in [0.2, 0.25) is 0 Å². The summed E-state index contributed by atoms with van der Waals surface area (Å²) in [5, 5.41) is 10.2. The van der Waals surface area contributed by atoms with Gasteiger partial charge in [-0.05, 0) is 19.1 Å². The number of carbonyl (C=O) groups is 1. The number of H-pyrrole nitrogens is 1. The number of aromatic nitrogens is 3. The van der Waals surface area contributed by atoms with Gasteiger partial charge in [-0.3, -0.25) is 9.89 Å². The smallest absolute Gasteiger partial charge is 0.225 e. The SMILES string of the molecule is COc1ccc(NC(=O)CCSc2n[nH]c(C)n2)c(N)c1. The molecule has 0 spiro atoms. The molecule has 1 aromatic carbocycles. The molecule has 0 saturated carbocycles. The van der Waals surface area contributed by atoms with E-state index >= 15 is 0 Å². The Morgan fingerprint density at radius 2 is 2.33 bits per heavy atom. The van der Waals surface area contributed by atoms with Gasteiger partial charge in [-0.2, -0.15) is 0 Å². The molecule has 1 aromatic heterocycles. The molecule has 0 bridgehead atoms. The molecule has 0 atom stereocenters. The third-order valence-electron chi connectivity index (χ3n) is 2.67. The van der Waals surface area contributed by atoms with Crippen LogP contribution in [0, 0.1) is 6.92 Å². The fourth-order valence-electron chi connectivity index (χ4n) is 1.62. The number of hydrogen-bond donors (Lipinski definition) is 3. The van der Waals surface area contributed by atoms with Crippen LogP contribution in [0.5, 0.6) is 5.75 Å². The molecule has 0 radical (unpaired) electrons. The molecule has 0 aliphatic carbocycles. The minimum atomic E-state index is -0.105. The number of nitrogens with one attached hydrogen (secondary N) is 2. The Bertz CT molecular complexity index is 629. The van der Waals surface area contributed by atoms with Crippen molar-refractivity contribution in [1.82, 2.24) is 15.2 Å². The second-order valence-corrected chi connectivity index (χ2v) is 5.37. The summed E-state index contributed by atoms with van der Waals surface area (Å²) in [6.07, 6.45) is 0.351. The van der Waals surface area contributed by atoms with Gasteiger partial charge in [0.2, 0.25) is 11.1 Å². The van der Waals surface area contributed by atoms with E-state index in [0.717, 1.165) is 5.82 Å². The fraction of sp³-hybridized carbons (Fsp3) is 0.308. The van der Waals surface area contributed by atoms with Gasteiger partial charge in [0, 0.05) is 18.2 Å². The number of aryl methyl sites for hydroxylation is 1. The molecule has 0 fully saturated rings. The summed E-state index contributed by atoms with van der Waals surface area (Å²) in [5.74, 6) is 1.90. The zero-order valence-corrected chi connectivity index (χ0v) is 12.7. The third kappa shape index (κ3) is 4.38. The maximum atomic E-state index is 11.9. The van der Waals surface area contributed by atoms with Crippen LogP contribution in [-0.4, -0.2) is 34.0 Å². The highest BCUT2D eigenvalue weighted by atomic mass is 32.2. The summed E-state index contributed by atoms with van der Waals surface area (Å²) in [6, 6.07) is 5.13. The van der Waals surface area contributed by atoms with Crippen LogP contribution in [0.1, 0.15) is 12.2 Å². The summed E-state index contributed by atoms with van der Waals surface area (Å²) in [4.78, 5) is 16.0. The largest absolute Gasteiger partial charge is 0.497 e. The van der Waals surface area contributed by atoms with Crippen molar-refractivity contribution in [1.29, 1.82) is 0 Å². The highest BCUT2D eigenvalue weighted by molar-refractivity contribution is 7.99. The van der Waals surface area contributed by atoms with E-state index in [1.807, 2.05) is 6.92 Å². The topological polar surface area (TPSA) is 106 Å². The van der Waals surface area contributed by atoms with Crippen LogP contribution in [0.15, 0.2) is 23.4 Å². The number of ether oxygens (including phenoxy) is 1. The van der Waals surface area contributed by atoms with Crippen molar-refractivity contribution in [3.63, 3.8) is 0 Å². The van der Waals surface area contributed by atoms with Crippen LogP contribution in [0.25, 0.3) is 0 Å². The number of nitrogens with zero attached hydrogens (tertiary/aromatic N) is 2. The van der Waals surface area contributed by atoms with Gasteiger partial charge < -0.3 is 15.8 Å². The number of aromatic amines is 1. The molecule has 7 nitrogen and oxygen atoms in total. The molecule has 8 heteroatoms. The summed E-state index contributed by atoms with van der Waals surface area (Å²) in [7, 11) is 1.56. The predicted octanol–water partition coefficient (Wildman–Crippen LogP) is 1.82. The second-order valence-electron chi connectivity index (χ2n) is 4.30. The molecule has 4 N–H and O–H groups in total. The van der Waals surface area contributed by atoms with Crippen LogP contribution in [0.4, 0.5) is 11.4 Å². The minimum Gasteiger partial charge on any atom is -0.497 e. The van der Waals surface area contributed by atoms with Gasteiger partial charge in [0.25, 0.3) is 0 Å². The summed E-state index contributed by atoms with van der Waals surface area (Å²) < 4.78 is 5.06. The van der Waals surface area contributed by atoms with Gasteiger partial charge in [-0.25, -0.2) is 4.98 Å². The predicted molar refractivity (Wildman–Crippen MR) is 82.5 cm³/mol. The lowest BCUT2D eigenvalue weighted by atomic mass is 10.2. The van der Waals surface area contributed by atoms with E-state index in [-0.39, 0.29) is 5.91 Å². The molecule has 0 aliphatic heterocycles. The van der Waals surface area contributed by atoms with Gasteiger partial charge >= 0.3 is 0 Å². The normalized spacial score (nSPS) is 10.4. The van der Waals surface area contributed by atoms with Gasteiger partial charge in [0.15, 0.2) is 0 Å². The number of hydrogen-bond acceptors (Lipinski definition) is 6. The molecular weight excluding hydrogens is 290 g/mol. The van der Waals surface area contributed by atoms with Crippen molar-refractivity contribution < 1.29 is 9.53 Å². The maximum Gasteiger partial charge on any atom is 0.225 e. The number of benzene rings is 1. The van der Waals surface area contributed by atoms with Crippen molar-refractivity contribution >= 4 is 29.0 Å². The van der Waals surface area contributed by atoms with E-state index < -0.39 is 0 Å². The first kappa shape index (κ1) is 15.2. The Balaban J connectivity index is 1.81. The van der Waals surface area contributed by atoms with Gasteiger partial charge in [0.1, 0.15) is 11.6 Å². The van der Waals surface area contributed by atoms with E-state index in [1.165, 1.54) is 11.8 Å². The maximum absolute atomic E-state index is 11.9. The van der Waals surface area contributed by atoms with Crippen molar-refractivity contribution in [2.45, 2.75) is 18.5 Å². The Kier molecular flexibility index (Phi) is 5.04. The van der Waals surface area contributed by atoms with E-state index in [2.05, 4.69) is 20.5 Å². The van der Waals surface area contributed by atoms with E-state index in [4.69, 9.17) is 10.5 Å². The molecule has 0 aliphatic rings. The highest BCUT2D eigenvalue weighted by Gasteiger charge is 2.08. The molecular formula is C13H17N5O2S. The van der Waals surface area contributed by atoms with Gasteiger partial charge in [-0.15, -0.1) is 5.10 Å². The van der Waals surface area contributed by atoms with Crippen LogP contribution < -0.4 is 15.8 Å². The average Bonchev–Trinajstić information content (AvgIpc) is 2.86. The first-order valence-corrected chi connectivity index (χ1v) is 7.32. The summed E-state index contributed by atoms with van der Waals surface area (Å²) in [5.41, 5.74) is 6.90. The molecule has 112 valence electrons. The third-order valence-corrected chi connectivity index (χ3v) is 3.52. The first-order valence-electron chi connectivity index (χ1n) is 6.33. The summed E-state index contributed by atoms with van der Waals surface area (Å²) in [6.45, 7) is 1.83. The van der Waals surface area contributed by atoms with Crippen LogP contribution in [0.3, 0.4) is 0 Å². The van der Waals surface area contributed by atoms with Crippen molar-refractivity contribution in [3.8, 4) is 5.75 Å². The lowest BCUT2D eigenvalue weighted by Gasteiger charge is -2.09. The molecule has 0 saturated heterocycles. The molecule has 2 rings (SSSR count). The van der Waals surface area contributed by atoms with E-state index in [0.29, 0.717) is 34.5 Å². The van der Waals surface area contributed by atoms with Crippen LogP contribution in [-0.2, 0) is 4.79 Å². The lowest BCUT2D eigenvalue weighted by Crippen LogP contribution is -2.13. The number of rotatable bonds is 6. The Morgan fingerprint density at radius 3 is 2.95 bits per heavy atom. The molecule has 1 amide bonds. The Morgan fingerprint density at radius 1 is 1.52 bits per heavy atom. The number of nitrogens with two attached hydrogens (primary N) is 1. The van der Waals surface area contributed by atoms with Gasteiger partial charge in [0.05, 0.1) is 18.5 Å². The van der Waals surface area contributed by atoms with Gasteiger partial charge in [-0.1, -0.05) is 11.8 Å². The minimum absolute atomic E-state index is 0.105. The quantitative estimate of drug-likeness (QED) is 0.555. The monoisotopic (exact) mass is 307 g/mol. The second kappa shape index (κ2) is 6.98. The molecule has 1 heterocycles.